The summed E-state index contributed by atoms with van der Waals surface area (Å²) in [5.74, 6) is 0.247. The first kappa shape index (κ1) is 16.0. The maximum atomic E-state index is 11.5. The predicted molar refractivity (Wildman–Crippen MR) is 72.2 cm³/mol. The Morgan fingerprint density at radius 1 is 0.938 bits per heavy atom. The number of Topliss-reactive ketones (excluding diaryl/α,β-unsaturated/α-hetero) is 1. The first-order valence-electron chi connectivity index (χ1n) is 6.89. The summed E-state index contributed by atoms with van der Waals surface area (Å²) in [7, 11) is 0. The first-order valence-corrected chi connectivity index (χ1v) is 7.32. The molecule has 0 amide bonds. The van der Waals surface area contributed by atoms with Crippen LogP contribution in [0.1, 0.15) is 78.1 Å². The SMILES string of the molecule is CCCCCCCCCC(=O)C(Cl)CCC. The second-order valence-electron chi connectivity index (χ2n) is 4.59. The molecule has 1 unspecified atom stereocenters. The molecule has 0 N–H and O–H groups in total. The van der Waals surface area contributed by atoms with Gasteiger partial charge < -0.3 is 0 Å². The number of hydrogen-bond donors (Lipinski definition) is 0. The summed E-state index contributed by atoms with van der Waals surface area (Å²) in [6, 6.07) is 0. The van der Waals surface area contributed by atoms with Crippen LogP contribution in [0.3, 0.4) is 0 Å². The lowest BCUT2D eigenvalue weighted by molar-refractivity contribution is -0.118. The van der Waals surface area contributed by atoms with Crippen molar-refractivity contribution in [2.24, 2.45) is 0 Å². The smallest absolute Gasteiger partial charge is 0.150 e. The minimum absolute atomic E-state index is 0.231. The average Bonchev–Trinajstić information content (AvgIpc) is 2.28. The van der Waals surface area contributed by atoms with Crippen LogP contribution in [-0.4, -0.2) is 11.2 Å². The topological polar surface area (TPSA) is 17.1 Å². The maximum absolute atomic E-state index is 11.5. The Labute approximate surface area is 106 Å². The molecule has 0 rings (SSSR count). The number of carbonyl (C=O) groups is 1. The van der Waals surface area contributed by atoms with Crippen molar-refractivity contribution in [2.45, 2.75) is 83.4 Å². The molecule has 1 nitrogen and oxygen atoms in total. The molecule has 0 saturated carbocycles. The molecular formula is C14H27ClO. The van der Waals surface area contributed by atoms with Crippen molar-refractivity contribution in [1.82, 2.24) is 0 Å². The van der Waals surface area contributed by atoms with Crippen molar-refractivity contribution in [2.75, 3.05) is 0 Å². The van der Waals surface area contributed by atoms with E-state index in [-0.39, 0.29) is 11.2 Å². The van der Waals surface area contributed by atoms with Gasteiger partial charge in [-0.3, -0.25) is 4.79 Å². The third kappa shape index (κ3) is 9.21. The van der Waals surface area contributed by atoms with Crippen molar-refractivity contribution < 1.29 is 4.79 Å². The number of alkyl halides is 1. The molecule has 0 aromatic carbocycles. The van der Waals surface area contributed by atoms with Gasteiger partial charge in [-0.1, -0.05) is 58.8 Å². The molecule has 0 aromatic rings. The predicted octanol–water partition coefficient (Wildman–Crippen LogP) is 5.10. The van der Waals surface area contributed by atoms with Crippen LogP contribution in [0.5, 0.6) is 0 Å². The maximum Gasteiger partial charge on any atom is 0.150 e. The van der Waals surface area contributed by atoms with Crippen LogP contribution in [0.4, 0.5) is 0 Å². The Balaban J connectivity index is 3.27. The number of carbonyl (C=O) groups excluding carboxylic acids is 1. The highest BCUT2D eigenvalue weighted by Gasteiger charge is 2.12. The van der Waals surface area contributed by atoms with E-state index in [2.05, 4.69) is 13.8 Å². The van der Waals surface area contributed by atoms with E-state index < -0.39 is 0 Å². The highest BCUT2D eigenvalue weighted by molar-refractivity contribution is 6.31. The van der Waals surface area contributed by atoms with E-state index in [1.807, 2.05) is 0 Å². The van der Waals surface area contributed by atoms with Gasteiger partial charge in [0.05, 0.1) is 5.38 Å². The van der Waals surface area contributed by atoms with Crippen molar-refractivity contribution in [1.29, 1.82) is 0 Å². The lowest BCUT2D eigenvalue weighted by Crippen LogP contribution is -2.13. The minimum atomic E-state index is -0.231. The third-order valence-corrected chi connectivity index (χ3v) is 3.38. The van der Waals surface area contributed by atoms with Gasteiger partial charge in [0.15, 0.2) is 5.78 Å². The van der Waals surface area contributed by atoms with Crippen LogP contribution in [0.25, 0.3) is 0 Å². The van der Waals surface area contributed by atoms with Gasteiger partial charge in [0.25, 0.3) is 0 Å². The zero-order valence-corrected chi connectivity index (χ0v) is 11.7. The molecular weight excluding hydrogens is 220 g/mol. The summed E-state index contributed by atoms with van der Waals surface area (Å²) in [5, 5.41) is -0.231. The van der Waals surface area contributed by atoms with Crippen molar-refractivity contribution in [3.05, 3.63) is 0 Å². The molecule has 0 aliphatic rings. The number of halogens is 1. The molecule has 16 heavy (non-hydrogen) atoms. The van der Waals surface area contributed by atoms with Crippen LogP contribution in [0, 0.1) is 0 Å². The summed E-state index contributed by atoms with van der Waals surface area (Å²) in [4.78, 5) is 11.5. The number of unbranched alkanes of at least 4 members (excludes halogenated alkanes) is 6. The number of ketones is 1. The summed E-state index contributed by atoms with van der Waals surface area (Å²) >= 11 is 5.96. The van der Waals surface area contributed by atoms with Crippen molar-refractivity contribution >= 4 is 17.4 Å². The summed E-state index contributed by atoms with van der Waals surface area (Å²) in [5.41, 5.74) is 0. The number of rotatable bonds is 11. The van der Waals surface area contributed by atoms with Crippen LogP contribution >= 0.6 is 11.6 Å². The molecule has 2 heteroatoms. The Kier molecular flexibility index (Phi) is 11.4. The third-order valence-electron chi connectivity index (χ3n) is 2.92. The highest BCUT2D eigenvalue weighted by Crippen LogP contribution is 2.13. The molecule has 1 atom stereocenters. The molecule has 0 radical (unpaired) electrons. The van der Waals surface area contributed by atoms with Crippen LogP contribution in [-0.2, 0) is 4.79 Å². The largest absolute Gasteiger partial charge is 0.298 e. The Bertz CT molecular complexity index is 168. The van der Waals surface area contributed by atoms with E-state index in [0.29, 0.717) is 6.42 Å². The lowest BCUT2D eigenvalue weighted by Gasteiger charge is -2.06. The first-order chi connectivity index (χ1) is 7.72. The van der Waals surface area contributed by atoms with E-state index in [4.69, 9.17) is 11.6 Å². The fourth-order valence-electron chi connectivity index (χ4n) is 1.83. The molecule has 0 spiro atoms. The summed E-state index contributed by atoms with van der Waals surface area (Å²) in [6.07, 6.45) is 11.3. The minimum Gasteiger partial charge on any atom is -0.298 e. The molecule has 0 bridgehead atoms. The number of hydrogen-bond acceptors (Lipinski definition) is 1. The zero-order chi connectivity index (χ0) is 12.2. The summed E-state index contributed by atoms with van der Waals surface area (Å²) in [6.45, 7) is 4.30. The van der Waals surface area contributed by atoms with Crippen LogP contribution in [0.2, 0.25) is 0 Å². The van der Waals surface area contributed by atoms with Gasteiger partial charge in [0, 0.05) is 6.42 Å². The monoisotopic (exact) mass is 246 g/mol. The van der Waals surface area contributed by atoms with E-state index in [1.54, 1.807) is 0 Å². The second-order valence-corrected chi connectivity index (χ2v) is 5.12. The van der Waals surface area contributed by atoms with Crippen molar-refractivity contribution in [3.63, 3.8) is 0 Å². The van der Waals surface area contributed by atoms with Gasteiger partial charge >= 0.3 is 0 Å². The van der Waals surface area contributed by atoms with Crippen LogP contribution < -0.4 is 0 Å². The molecule has 0 saturated heterocycles. The fraction of sp³-hybridized carbons (Fsp3) is 0.929. The lowest BCUT2D eigenvalue weighted by atomic mass is 10.0. The fourth-order valence-corrected chi connectivity index (χ4v) is 2.15. The van der Waals surface area contributed by atoms with Gasteiger partial charge in [-0.15, -0.1) is 11.6 Å². The Morgan fingerprint density at radius 3 is 2.06 bits per heavy atom. The quantitative estimate of drug-likeness (QED) is 0.366. The van der Waals surface area contributed by atoms with E-state index >= 15 is 0 Å². The van der Waals surface area contributed by atoms with Gasteiger partial charge in [-0.25, -0.2) is 0 Å². The van der Waals surface area contributed by atoms with Crippen molar-refractivity contribution in [3.8, 4) is 0 Å². The average molecular weight is 247 g/mol. The molecule has 0 aromatic heterocycles. The molecule has 0 heterocycles. The van der Waals surface area contributed by atoms with Gasteiger partial charge in [-0.05, 0) is 12.8 Å². The van der Waals surface area contributed by atoms with Gasteiger partial charge in [0.2, 0.25) is 0 Å². The highest BCUT2D eigenvalue weighted by atomic mass is 35.5. The Morgan fingerprint density at radius 2 is 1.50 bits per heavy atom. The summed E-state index contributed by atoms with van der Waals surface area (Å²) < 4.78 is 0. The second kappa shape index (κ2) is 11.4. The standard InChI is InChI=1S/C14H27ClO/c1-3-5-6-7-8-9-10-12-14(16)13(15)11-4-2/h13H,3-12H2,1-2H3. The van der Waals surface area contributed by atoms with E-state index in [1.165, 1.54) is 38.5 Å². The molecule has 96 valence electrons. The zero-order valence-electron chi connectivity index (χ0n) is 10.9. The van der Waals surface area contributed by atoms with Crippen LogP contribution in [0.15, 0.2) is 0 Å². The van der Waals surface area contributed by atoms with Gasteiger partial charge in [0.1, 0.15) is 0 Å². The molecule has 0 fully saturated rings. The van der Waals surface area contributed by atoms with Gasteiger partial charge in [-0.2, -0.15) is 0 Å². The normalized spacial score (nSPS) is 12.7. The van der Waals surface area contributed by atoms with E-state index in [9.17, 15) is 4.79 Å². The molecule has 0 aliphatic carbocycles. The Hall–Kier alpha value is -0.0400. The molecule has 0 aliphatic heterocycles. The van der Waals surface area contributed by atoms with E-state index in [0.717, 1.165) is 19.3 Å².